The van der Waals surface area contributed by atoms with Crippen LogP contribution in [0.25, 0.3) is 39.3 Å². The second-order valence-corrected chi connectivity index (χ2v) is 8.50. The molecule has 0 unspecified atom stereocenters. The van der Waals surface area contributed by atoms with E-state index in [1.165, 1.54) is 11.6 Å². The van der Waals surface area contributed by atoms with Gasteiger partial charge in [0.2, 0.25) is 5.82 Å². The summed E-state index contributed by atoms with van der Waals surface area (Å²) in [4.78, 5) is 30.5. The second kappa shape index (κ2) is 9.06. The summed E-state index contributed by atoms with van der Waals surface area (Å²) in [6.07, 6.45) is 1.61. The van der Waals surface area contributed by atoms with Crippen molar-refractivity contribution in [2.45, 2.75) is 20.0 Å². The topological polar surface area (TPSA) is 116 Å². The van der Waals surface area contributed by atoms with E-state index in [1.807, 2.05) is 60.0 Å². The molecule has 0 radical (unpaired) electrons. The van der Waals surface area contributed by atoms with Crippen molar-refractivity contribution >= 4 is 16.7 Å². The maximum absolute atomic E-state index is 13.2. The summed E-state index contributed by atoms with van der Waals surface area (Å²) < 4.78 is 4.37. The molecule has 1 N–H and O–H groups in total. The minimum absolute atomic E-state index is 0.241. The molecule has 5 aromatic rings. The number of H-pyrrole nitrogens is 1. The number of rotatable bonds is 7. The minimum Gasteiger partial charge on any atom is -0.314 e. The number of imidazole rings is 1. The van der Waals surface area contributed by atoms with Crippen molar-refractivity contribution in [2.24, 2.45) is 7.05 Å². The number of fused-ring (bicyclic) bond motifs is 1. The van der Waals surface area contributed by atoms with E-state index in [0.29, 0.717) is 34.9 Å². The third-order valence-electron chi connectivity index (χ3n) is 6.04. The molecule has 0 amide bonds. The van der Waals surface area contributed by atoms with Gasteiger partial charge < -0.3 is 4.57 Å². The first-order chi connectivity index (χ1) is 17.4. The van der Waals surface area contributed by atoms with Crippen LogP contribution in [0.3, 0.4) is 0 Å². The van der Waals surface area contributed by atoms with E-state index in [0.717, 1.165) is 26.8 Å². The molecule has 2 aromatic carbocycles. The maximum atomic E-state index is 13.2. The summed E-state index contributed by atoms with van der Waals surface area (Å²) in [5.41, 5.74) is 4.32. The normalized spacial score (nSPS) is 11.2. The lowest BCUT2D eigenvalue weighted by Gasteiger charge is -2.12. The minimum atomic E-state index is -0.435. The van der Waals surface area contributed by atoms with Crippen LogP contribution >= 0.6 is 0 Å². The molecular weight excluding hydrogens is 456 g/mol. The molecule has 0 spiro atoms. The summed E-state index contributed by atoms with van der Waals surface area (Å²) in [6.45, 7) is 10.2. The van der Waals surface area contributed by atoms with Crippen molar-refractivity contribution in [3.05, 3.63) is 100.0 Å². The number of allylic oxidation sites excluding steroid dienone is 2. The summed E-state index contributed by atoms with van der Waals surface area (Å²) in [6, 6.07) is 15.9. The average Bonchev–Trinajstić information content (AvgIpc) is 3.55. The van der Waals surface area contributed by atoms with Gasteiger partial charge in [-0.3, -0.25) is 13.9 Å². The first-order valence-corrected chi connectivity index (χ1v) is 11.3. The molecule has 0 atom stereocenters. The van der Waals surface area contributed by atoms with E-state index in [4.69, 9.17) is 0 Å². The van der Waals surface area contributed by atoms with Crippen LogP contribution in [0.5, 0.6) is 0 Å². The zero-order chi connectivity index (χ0) is 25.4. The molecule has 0 aliphatic carbocycles. The van der Waals surface area contributed by atoms with Gasteiger partial charge in [0.15, 0.2) is 11.2 Å². The van der Waals surface area contributed by atoms with Gasteiger partial charge in [0.05, 0.1) is 0 Å². The Morgan fingerprint density at radius 2 is 1.78 bits per heavy atom. The van der Waals surface area contributed by atoms with Gasteiger partial charge in [-0.15, -0.1) is 16.8 Å². The lowest BCUT2D eigenvalue weighted by molar-refractivity contribution is 0.673. The second-order valence-electron chi connectivity index (χ2n) is 8.50. The first-order valence-electron chi connectivity index (χ1n) is 11.3. The van der Waals surface area contributed by atoms with Gasteiger partial charge >= 0.3 is 5.69 Å². The maximum Gasteiger partial charge on any atom is 0.332 e. The van der Waals surface area contributed by atoms with E-state index in [-0.39, 0.29) is 6.54 Å². The van der Waals surface area contributed by atoms with E-state index >= 15 is 0 Å². The first kappa shape index (κ1) is 22.9. The van der Waals surface area contributed by atoms with Crippen molar-refractivity contribution in [2.75, 3.05) is 0 Å². The Morgan fingerprint density at radius 3 is 2.42 bits per heavy atom. The number of benzene rings is 2. The van der Waals surface area contributed by atoms with Crippen LogP contribution in [-0.4, -0.2) is 39.3 Å². The predicted molar refractivity (Wildman–Crippen MR) is 138 cm³/mol. The van der Waals surface area contributed by atoms with Crippen molar-refractivity contribution in [3.8, 4) is 22.5 Å². The number of tetrazole rings is 1. The van der Waals surface area contributed by atoms with Crippen molar-refractivity contribution in [1.82, 2.24) is 39.3 Å². The fraction of sp³-hybridized carbons (Fsp3) is 0.154. The van der Waals surface area contributed by atoms with Gasteiger partial charge in [-0.1, -0.05) is 61.2 Å². The van der Waals surface area contributed by atoms with Gasteiger partial charge in [0, 0.05) is 25.7 Å². The molecule has 180 valence electrons. The third kappa shape index (κ3) is 3.78. The standard InChI is InChI=1S/C26H24N8O2/c1-5-14-33-24-21(25(35)32(4)26(33)36)34(23(27-24)16(2)3)15-17-10-12-18(13-11-17)19-8-6-7-9-20(19)22-28-30-31-29-22/h5-13H,1-2,14-15H2,3-4H3,(H,28,29,30,31). The number of hydrogen-bond acceptors (Lipinski definition) is 6. The number of aromatic amines is 1. The molecule has 0 saturated heterocycles. The fourth-order valence-electron chi connectivity index (χ4n) is 4.31. The third-order valence-corrected chi connectivity index (χ3v) is 6.04. The Bertz CT molecular complexity index is 1720. The molecule has 0 fully saturated rings. The molecule has 3 aromatic heterocycles. The SMILES string of the molecule is C=CCn1c(=O)n(C)c(=O)c2c1nc(C(=C)C)n2Cc1ccc(-c2ccccc2-c2nn[nH]n2)cc1. The lowest BCUT2D eigenvalue weighted by atomic mass is 9.98. The number of nitrogens with one attached hydrogen (secondary N) is 1. The van der Waals surface area contributed by atoms with E-state index in [9.17, 15) is 9.59 Å². The molecule has 0 saturated carbocycles. The van der Waals surface area contributed by atoms with Gasteiger partial charge in [0.25, 0.3) is 5.56 Å². The summed E-state index contributed by atoms with van der Waals surface area (Å²) in [5.74, 6) is 1.07. The molecule has 10 nitrogen and oxygen atoms in total. The molecule has 36 heavy (non-hydrogen) atoms. The lowest BCUT2D eigenvalue weighted by Crippen LogP contribution is -2.38. The highest BCUT2D eigenvalue weighted by Gasteiger charge is 2.20. The zero-order valence-corrected chi connectivity index (χ0v) is 20.0. The van der Waals surface area contributed by atoms with Gasteiger partial charge in [0.1, 0.15) is 5.82 Å². The van der Waals surface area contributed by atoms with Crippen LogP contribution in [0.4, 0.5) is 0 Å². The molecular formula is C26H24N8O2. The number of aromatic nitrogens is 8. The van der Waals surface area contributed by atoms with E-state index in [2.05, 4.69) is 38.8 Å². The highest BCUT2D eigenvalue weighted by atomic mass is 16.2. The smallest absolute Gasteiger partial charge is 0.314 e. The monoisotopic (exact) mass is 480 g/mol. The molecule has 5 rings (SSSR count). The van der Waals surface area contributed by atoms with Crippen LogP contribution in [0.15, 0.2) is 77.4 Å². The van der Waals surface area contributed by atoms with E-state index in [1.54, 1.807) is 6.08 Å². The van der Waals surface area contributed by atoms with Gasteiger partial charge in [-0.2, -0.15) is 5.21 Å². The summed E-state index contributed by atoms with van der Waals surface area (Å²) in [7, 11) is 1.47. The van der Waals surface area contributed by atoms with Crippen molar-refractivity contribution in [3.63, 3.8) is 0 Å². The van der Waals surface area contributed by atoms with Gasteiger partial charge in [-0.05, 0) is 34.4 Å². The largest absolute Gasteiger partial charge is 0.332 e. The predicted octanol–water partition coefficient (Wildman–Crippen LogP) is 3.01. The fourth-order valence-corrected chi connectivity index (χ4v) is 4.31. The Labute approximate surface area is 205 Å². The number of nitrogens with zero attached hydrogens (tertiary/aromatic N) is 7. The highest BCUT2D eigenvalue weighted by Crippen LogP contribution is 2.30. The van der Waals surface area contributed by atoms with Crippen LogP contribution in [0.2, 0.25) is 0 Å². The molecule has 0 aliphatic rings. The van der Waals surface area contributed by atoms with Crippen LogP contribution in [-0.2, 0) is 20.1 Å². The summed E-state index contributed by atoms with van der Waals surface area (Å²) >= 11 is 0. The molecule has 3 heterocycles. The van der Waals surface area contributed by atoms with Crippen LogP contribution in [0, 0.1) is 0 Å². The Kier molecular flexibility index (Phi) is 5.77. The quantitative estimate of drug-likeness (QED) is 0.358. The van der Waals surface area contributed by atoms with Crippen LogP contribution < -0.4 is 11.2 Å². The Morgan fingerprint density at radius 1 is 1.06 bits per heavy atom. The van der Waals surface area contributed by atoms with Gasteiger partial charge in [-0.25, -0.2) is 9.78 Å². The Balaban J connectivity index is 1.60. The molecule has 0 aliphatic heterocycles. The zero-order valence-electron chi connectivity index (χ0n) is 20.0. The Hall–Kier alpha value is -4.86. The summed E-state index contributed by atoms with van der Waals surface area (Å²) in [5, 5.41) is 14.4. The van der Waals surface area contributed by atoms with Crippen molar-refractivity contribution < 1.29 is 0 Å². The molecule has 0 bridgehead atoms. The van der Waals surface area contributed by atoms with Crippen LogP contribution in [0.1, 0.15) is 18.3 Å². The average molecular weight is 481 g/mol. The van der Waals surface area contributed by atoms with E-state index < -0.39 is 11.2 Å². The highest BCUT2D eigenvalue weighted by molar-refractivity contribution is 5.80. The van der Waals surface area contributed by atoms with Crippen molar-refractivity contribution in [1.29, 1.82) is 0 Å². The molecule has 10 heteroatoms. The number of hydrogen-bond donors (Lipinski definition) is 1.